The van der Waals surface area contributed by atoms with Gasteiger partial charge in [-0.1, -0.05) is 29.3 Å². The van der Waals surface area contributed by atoms with E-state index in [-0.39, 0.29) is 5.91 Å². The molecule has 19 heavy (non-hydrogen) atoms. The molecule has 5 heteroatoms. The zero-order chi connectivity index (χ0) is 13.8. The van der Waals surface area contributed by atoms with Crippen molar-refractivity contribution in [2.45, 2.75) is 13.5 Å². The summed E-state index contributed by atoms with van der Waals surface area (Å²) in [5.74, 6) is -0.182. The lowest BCUT2D eigenvalue weighted by molar-refractivity contribution is 0.0950. The number of amides is 1. The zero-order valence-corrected chi connectivity index (χ0v) is 11.8. The molecule has 0 bridgehead atoms. The molecule has 0 atom stereocenters. The Kier molecular flexibility index (Phi) is 4.40. The molecule has 1 N–H and O–H groups in total. The molecule has 0 fully saturated rings. The molecule has 0 aliphatic carbocycles. The number of nitrogens with one attached hydrogen (secondary N) is 1. The molecule has 2 aromatic rings. The van der Waals surface area contributed by atoms with Gasteiger partial charge in [-0.3, -0.25) is 9.78 Å². The molecule has 1 aromatic carbocycles. The van der Waals surface area contributed by atoms with E-state index in [4.69, 9.17) is 23.2 Å². The van der Waals surface area contributed by atoms with Gasteiger partial charge < -0.3 is 5.32 Å². The summed E-state index contributed by atoms with van der Waals surface area (Å²) in [7, 11) is 0. The minimum Gasteiger partial charge on any atom is -0.348 e. The van der Waals surface area contributed by atoms with E-state index in [1.54, 1.807) is 36.5 Å². The summed E-state index contributed by atoms with van der Waals surface area (Å²) in [5, 5.41) is 3.90. The van der Waals surface area contributed by atoms with Crippen LogP contribution in [-0.2, 0) is 6.54 Å². The second-order valence-electron chi connectivity index (χ2n) is 4.11. The van der Waals surface area contributed by atoms with E-state index in [1.807, 2.05) is 6.92 Å². The van der Waals surface area contributed by atoms with Crippen molar-refractivity contribution < 1.29 is 4.79 Å². The first-order chi connectivity index (χ1) is 9.06. The molecule has 0 aliphatic rings. The van der Waals surface area contributed by atoms with Gasteiger partial charge in [-0.25, -0.2) is 0 Å². The first-order valence-corrected chi connectivity index (χ1v) is 6.46. The van der Waals surface area contributed by atoms with Gasteiger partial charge in [0, 0.05) is 28.5 Å². The number of carbonyl (C=O) groups excluding carboxylic acids is 1. The Hall–Kier alpha value is -1.58. The lowest BCUT2D eigenvalue weighted by Crippen LogP contribution is -2.23. The van der Waals surface area contributed by atoms with Crippen LogP contribution in [0.5, 0.6) is 0 Å². The molecule has 2 rings (SSSR count). The minimum absolute atomic E-state index is 0.182. The fourth-order valence-corrected chi connectivity index (χ4v) is 2.02. The normalized spacial score (nSPS) is 10.3. The first-order valence-electron chi connectivity index (χ1n) is 5.71. The largest absolute Gasteiger partial charge is 0.348 e. The third-order valence-electron chi connectivity index (χ3n) is 2.63. The topological polar surface area (TPSA) is 42.0 Å². The van der Waals surface area contributed by atoms with Crippen LogP contribution in [0.4, 0.5) is 0 Å². The van der Waals surface area contributed by atoms with Gasteiger partial charge >= 0.3 is 0 Å². The standard InChI is InChI=1S/C14H12Cl2N2O/c1-9-2-3-11(8-17-9)14(19)18-7-10-4-5-12(15)6-13(10)16/h2-6,8H,7H2,1H3,(H,18,19). The van der Waals surface area contributed by atoms with E-state index in [2.05, 4.69) is 10.3 Å². The Bertz CT molecular complexity index is 597. The highest BCUT2D eigenvalue weighted by molar-refractivity contribution is 6.35. The summed E-state index contributed by atoms with van der Waals surface area (Å²) in [5.41, 5.74) is 2.22. The fraction of sp³-hybridized carbons (Fsp3) is 0.143. The van der Waals surface area contributed by atoms with Gasteiger partial charge in [-0.2, -0.15) is 0 Å². The van der Waals surface area contributed by atoms with Crippen molar-refractivity contribution in [3.8, 4) is 0 Å². The number of pyridine rings is 1. The average Bonchev–Trinajstić information content (AvgIpc) is 2.38. The van der Waals surface area contributed by atoms with E-state index >= 15 is 0 Å². The first kappa shape index (κ1) is 13.8. The Balaban J connectivity index is 2.02. The van der Waals surface area contributed by atoms with Crippen molar-refractivity contribution in [3.63, 3.8) is 0 Å². The van der Waals surface area contributed by atoms with Crippen LogP contribution in [-0.4, -0.2) is 10.9 Å². The molecule has 1 aromatic heterocycles. The van der Waals surface area contributed by atoms with Gasteiger partial charge in [0.2, 0.25) is 0 Å². The summed E-state index contributed by atoms with van der Waals surface area (Å²) in [4.78, 5) is 16.0. The lowest BCUT2D eigenvalue weighted by Gasteiger charge is -2.07. The molecule has 0 unspecified atom stereocenters. The van der Waals surface area contributed by atoms with Crippen LogP contribution in [0.1, 0.15) is 21.6 Å². The maximum atomic E-state index is 11.9. The molecule has 0 spiro atoms. The summed E-state index contributed by atoms with van der Waals surface area (Å²) in [6, 6.07) is 8.71. The van der Waals surface area contributed by atoms with Crippen molar-refractivity contribution in [2.24, 2.45) is 0 Å². The number of benzene rings is 1. The predicted octanol–water partition coefficient (Wildman–Crippen LogP) is 3.63. The molecule has 98 valence electrons. The van der Waals surface area contributed by atoms with Crippen molar-refractivity contribution in [2.75, 3.05) is 0 Å². The number of nitrogens with zero attached hydrogens (tertiary/aromatic N) is 1. The molecule has 0 aliphatic heterocycles. The van der Waals surface area contributed by atoms with Crippen molar-refractivity contribution in [1.29, 1.82) is 0 Å². The highest BCUT2D eigenvalue weighted by Crippen LogP contribution is 2.20. The summed E-state index contributed by atoms with van der Waals surface area (Å²) in [6.07, 6.45) is 1.55. The van der Waals surface area contributed by atoms with Crippen molar-refractivity contribution in [1.82, 2.24) is 10.3 Å². The third kappa shape index (κ3) is 3.69. The average molecular weight is 295 g/mol. The lowest BCUT2D eigenvalue weighted by atomic mass is 10.2. The second kappa shape index (κ2) is 6.04. The Labute approximate surface area is 121 Å². The van der Waals surface area contributed by atoms with Crippen molar-refractivity contribution in [3.05, 3.63) is 63.4 Å². The quantitative estimate of drug-likeness (QED) is 0.939. The van der Waals surface area contributed by atoms with Crippen LogP contribution in [0, 0.1) is 6.92 Å². The van der Waals surface area contributed by atoms with E-state index in [0.717, 1.165) is 11.3 Å². The Morgan fingerprint density at radius 3 is 2.68 bits per heavy atom. The smallest absolute Gasteiger partial charge is 0.253 e. The predicted molar refractivity (Wildman–Crippen MR) is 76.6 cm³/mol. The van der Waals surface area contributed by atoms with Crippen LogP contribution in [0.15, 0.2) is 36.5 Å². The number of halogens is 2. The number of hydrogen-bond donors (Lipinski definition) is 1. The molecular formula is C14H12Cl2N2O. The number of aromatic nitrogens is 1. The molecule has 3 nitrogen and oxygen atoms in total. The van der Waals surface area contributed by atoms with Gasteiger partial charge in [-0.05, 0) is 36.8 Å². The van der Waals surface area contributed by atoms with E-state index in [1.165, 1.54) is 0 Å². The molecule has 0 saturated heterocycles. The summed E-state index contributed by atoms with van der Waals surface area (Å²) < 4.78 is 0. The highest BCUT2D eigenvalue weighted by atomic mass is 35.5. The SMILES string of the molecule is Cc1ccc(C(=O)NCc2ccc(Cl)cc2Cl)cn1. The summed E-state index contributed by atoms with van der Waals surface area (Å²) in [6.45, 7) is 2.22. The third-order valence-corrected chi connectivity index (χ3v) is 3.22. The molecule has 0 radical (unpaired) electrons. The Morgan fingerprint density at radius 1 is 1.26 bits per heavy atom. The van der Waals surface area contributed by atoms with Gasteiger partial charge in [0.25, 0.3) is 5.91 Å². The van der Waals surface area contributed by atoms with Crippen LogP contribution in [0.3, 0.4) is 0 Å². The van der Waals surface area contributed by atoms with Gasteiger partial charge in [0.1, 0.15) is 0 Å². The van der Waals surface area contributed by atoms with Crippen LogP contribution >= 0.6 is 23.2 Å². The highest BCUT2D eigenvalue weighted by Gasteiger charge is 2.07. The van der Waals surface area contributed by atoms with E-state index in [0.29, 0.717) is 22.2 Å². The minimum atomic E-state index is -0.182. The number of aryl methyl sites for hydroxylation is 1. The van der Waals surface area contributed by atoms with Crippen LogP contribution in [0.2, 0.25) is 10.0 Å². The number of carbonyl (C=O) groups is 1. The monoisotopic (exact) mass is 294 g/mol. The summed E-state index contributed by atoms with van der Waals surface area (Å²) >= 11 is 11.8. The van der Waals surface area contributed by atoms with Gasteiger partial charge in [0.15, 0.2) is 0 Å². The fourth-order valence-electron chi connectivity index (χ4n) is 1.54. The molecular weight excluding hydrogens is 283 g/mol. The van der Waals surface area contributed by atoms with Crippen LogP contribution < -0.4 is 5.32 Å². The zero-order valence-electron chi connectivity index (χ0n) is 10.3. The van der Waals surface area contributed by atoms with Gasteiger partial charge in [-0.15, -0.1) is 0 Å². The second-order valence-corrected chi connectivity index (χ2v) is 4.95. The van der Waals surface area contributed by atoms with E-state index < -0.39 is 0 Å². The van der Waals surface area contributed by atoms with Crippen LogP contribution in [0.25, 0.3) is 0 Å². The van der Waals surface area contributed by atoms with E-state index in [9.17, 15) is 4.79 Å². The number of hydrogen-bond acceptors (Lipinski definition) is 2. The maximum Gasteiger partial charge on any atom is 0.253 e. The van der Waals surface area contributed by atoms with Gasteiger partial charge in [0.05, 0.1) is 5.56 Å². The molecule has 1 heterocycles. The molecule has 0 saturated carbocycles. The van der Waals surface area contributed by atoms with Crippen molar-refractivity contribution >= 4 is 29.1 Å². The molecule has 1 amide bonds. The number of rotatable bonds is 3. The Morgan fingerprint density at radius 2 is 2.05 bits per heavy atom. The maximum absolute atomic E-state index is 11.9.